The summed E-state index contributed by atoms with van der Waals surface area (Å²) in [5.41, 5.74) is 2.62. The molecule has 1 heteroatoms. The summed E-state index contributed by atoms with van der Waals surface area (Å²) in [7, 11) is 0. The normalized spacial score (nSPS) is 30.6. The predicted molar refractivity (Wildman–Crippen MR) is 17.6 cm³/mol. The third-order valence-electron chi connectivity index (χ3n) is 1.25. The van der Waals surface area contributed by atoms with Gasteiger partial charge in [0.05, 0.1) is 6.10 Å². The Labute approximate surface area is 29.9 Å². The van der Waals surface area contributed by atoms with Crippen molar-refractivity contribution in [1.82, 2.24) is 0 Å². The molecule has 1 N–H and O–H groups in total. The highest BCUT2D eigenvalue weighted by Gasteiger charge is 2.47. The Hall–Kier alpha value is -0.300. The van der Waals surface area contributed by atoms with E-state index in [0.717, 1.165) is 6.42 Å². The zero-order valence-electron chi connectivity index (χ0n) is 2.73. The first-order valence-corrected chi connectivity index (χ1v) is 1.79. The van der Waals surface area contributed by atoms with Crippen molar-refractivity contribution in [3.8, 4) is 0 Å². The van der Waals surface area contributed by atoms with E-state index in [4.69, 9.17) is 5.11 Å². The van der Waals surface area contributed by atoms with Crippen LogP contribution in [0.2, 0.25) is 0 Å². The molecule has 0 aromatic rings. The predicted octanol–water partition coefficient (Wildman–Crippen LogP) is 0.0612. The van der Waals surface area contributed by atoms with E-state index >= 15 is 0 Å². The standard InChI is InChI=1S/C4H4O/c5-4-2-1-3(2)4/h4-5H,1H2. The molecule has 2 aliphatic rings. The minimum Gasteiger partial charge on any atom is -0.384 e. The summed E-state index contributed by atoms with van der Waals surface area (Å²) >= 11 is 0. The van der Waals surface area contributed by atoms with Gasteiger partial charge in [0.1, 0.15) is 0 Å². The van der Waals surface area contributed by atoms with Crippen molar-refractivity contribution in [3.05, 3.63) is 11.1 Å². The van der Waals surface area contributed by atoms with Gasteiger partial charge >= 0.3 is 0 Å². The zero-order chi connectivity index (χ0) is 3.44. The van der Waals surface area contributed by atoms with Crippen LogP contribution in [-0.4, -0.2) is 11.2 Å². The fourth-order valence-corrected chi connectivity index (χ4v) is 0.526. The van der Waals surface area contributed by atoms with Gasteiger partial charge in [0, 0.05) is 0 Å². The molecule has 0 saturated carbocycles. The van der Waals surface area contributed by atoms with Gasteiger partial charge in [-0.05, 0) is 17.6 Å². The molecule has 0 aromatic carbocycles. The summed E-state index contributed by atoms with van der Waals surface area (Å²) in [5.74, 6) is 0. The number of hydrogen-bond donors (Lipinski definition) is 1. The highest BCUT2D eigenvalue weighted by Crippen LogP contribution is 2.54. The Morgan fingerprint density at radius 2 is 2.00 bits per heavy atom. The molecule has 0 fully saturated rings. The summed E-state index contributed by atoms with van der Waals surface area (Å²) in [4.78, 5) is 0. The van der Waals surface area contributed by atoms with Gasteiger partial charge in [-0.2, -0.15) is 0 Å². The average Bonchev–Trinajstić information content (AvgIpc) is 2.11. The van der Waals surface area contributed by atoms with Crippen LogP contribution in [0.3, 0.4) is 0 Å². The molecule has 2 rings (SSSR count). The van der Waals surface area contributed by atoms with E-state index in [9.17, 15) is 0 Å². The molecule has 0 aliphatic heterocycles. The molecule has 0 amide bonds. The number of hydrogen-bond acceptors (Lipinski definition) is 1. The van der Waals surface area contributed by atoms with Crippen LogP contribution in [0.15, 0.2) is 11.1 Å². The fraction of sp³-hybridized carbons (Fsp3) is 0.500. The second-order valence-corrected chi connectivity index (χ2v) is 1.63. The molecule has 1 nitrogen and oxygen atoms in total. The lowest BCUT2D eigenvalue weighted by Crippen LogP contribution is -1.92. The molecular weight excluding hydrogens is 64.0 g/mol. The molecule has 0 atom stereocenters. The van der Waals surface area contributed by atoms with Crippen molar-refractivity contribution < 1.29 is 5.11 Å². The molecule has 0 spiro atoms. The van der Waals surface area contributed by atoms with Gasteiger partial charge in [0.2, 0.25) is 0 Å². The summed E-state index contributed by atoms with van der Waals surface area (Å²) in [6.07, 6.45) is 1.14. The smallest absolute Gasteiger partial charge is 0.0974 e. The van der Waals surface area contributed by atoms with E-state index in [1.54, 1.807) is 0 Å². The van der Waals surface area contributed by atoms with Crippen LogP contribution in [0, 0.1) is 0 Å². The topological polar surface area (TPSA) is 20.2 Å². The molecule has 0 bridgehead atoms. The minimum absolute atomic E-state index is 0.0185. The van der Waals surface area contributed by atoms with Crippen LogP contribution in [-0.2, 0) is 0 Å². The van der Waals surface area contributed by atoms with Crippen LogP contribution in [0.5, 0.6) is 0 Å². The van der Waals surface area contributed by atoms with Gasteiger partial charge in [-0.3, -0.25) is 0 Å². The maximum atomic E-state index is 8.41. The minimum atomic E-state index is -0.0185. The Kier molecular flexibility index (Phi) is 0.114. The SMILES string of the molecule is OC1C2=C1C2. The van der Waals surface area contributed by atoms with Crippen LogP contribution < -0.4 is 0 Å². The van der Waals surface area contributed by atoms with Crippen molar-refractivity contribution in [2.24, 2.45) is 0 Å². The fourth-order valence-electron chi connectivity index (χ4n) is 0.526. The molecule has 0 saturated heterocycles. The monoisotopic (exact) mass is 68.0 g/mol. The molecule has 0 radical (unpaired) electrons. The third kappa shape index (κ3) is 0.0781. The zero-order valence-corrected chi connectivity index (χ0v) is 2.73. The summed E-state index contributed by atoms with van der Waals surface area (Å²) in [6, 6.07) is 0. The van der Waals surface area contributed by atoms with Crippen molar-refractivity contribution in [1.29, 1.82) is 0 Å². The van der Waals surface area contributed by atoms with Gasteiger partial charge in [-0.25, -0.2) is 0 Å². The summed E-state index contributed by atoms with van der Waals surface area (Å²) in [6.45, 7) is 0. The van der Waals surface area contributed by atoms with E-state index in [-0.39, 0.29) is 6.10 Å². The maximum Gasteiger partial charge on any atom is 0.0974 e. The second-order valence-electron chi connectivity index (χ2n) is 1.63. The van der Waals surface area contributed by atoms with E-state index in [1.807, 2.05) is 0 Å². The summed E-state index contributed by atoms with van der Waals surface area (Å²) in [5, 5.41) is 8.41. The Morgan fingerprint density at radius 3 is 2.00 bits per heavy atom. The molecular formula is C4H4O. The third-order valence-corrected chi connectivity index (χ3v) is 1.25. The Balaban J connectivity index is 2.32. The van der Waals surface area contributed by atoms with E-state index in [0.29, 0.717) is 0 Å². The highest BCUT2D eigenvalue weighted by atomic mass is 16.3. The van der Waals surface area contributed by atoms with E-state index in [2.05, 4.69) is 0 Å². The van der Waals surface area contributed by atoms with E-state index < -0.39 is 0 Å². The largest absolute Gasteiger partial charge is 0.384 e. The first-order valence-electron chi connectivity index (χ1n) is 1.79. The highest BCUT2D eigenvalue weighted by molar-refractivity contribution is 5.61. The first kappa shape index (κ1) is 1.98. The molecule has 0 heterocycles. The van der Waals surface area contributed by atoms with Crippen LogP contribution in [0.25, 0.3) is 0 Å². The first-order chi connectivity index (χ1) is 2.39. The number of aliphatic hydroxyl groups is 1. The Bertz CT molecular complexity index is 101. The van der Waals surface area contributed by atoms with Gasteiger partial charge in [0.25, 0.3) is 0 Å². The van der Waals surface area contributed by atoms with Gasteiger partial charge in [-0.15, -0.1) is 0 Å². The number of rotatable bonds is 0. The average molecular weight is 68.1 g/mol. The van der Waals surface area contributed by atoms with Crippen molar-refractivity contribution in [2.75, 3.05) is 0 Å². The van der Waals surface area contributed by atoms with Crippen LogP contribution in [0.4, 0.5) is 0 Å². The van der Waals surface area contributed by atoms with Crippen molar-refractivity contribution in [3.63, 3.8) is 0 Å². The maximum absolute atomic E-state index is 8.41. The number of aliphatic hydroxyl groups excluding tert-OH is 1. The van der Waals surface area contributed by atoms with Crippen molar-refractivity contribution in [2.45, 2.75) is 12.5 Å². The second kappa shape index (κ2) is 0.287. The van der Waals surface area contributed by atoms with Gasteiger partial charge < -0.3 is 5.11 Å². The summed E-state index contributed by atoms with van der Waals surface area (Å²) < 4.78 is 0. The molecule has 5 heavy (non-hydrogen) atoms. The van der Waals surface area contributed by atoms with Gasteiger partial charge in [0.15, 0.2) is 0 Å². The van der Waals surface area contributed by atoms with Crippen molar-refractivity contribution >= 4 is 0 Å². The van der Waals surface area contributed by atoms with Crippen LogP contribution in [0.1, 0.15) is 6.42 Å². The van der Waals surface area contributed by atoms with Crippen LogP contribution >= 0.6 is 0 Å². The van der Waals surface area contributed by atoms with Gasteiger partial charge in [-0.1, -0.05) is 0 Å². The Morgan fingerprint density at radius 1 is 1.60 bits per heavy atom. The molecule has 0 aromatic heterocycles. The quantitative estimate of drug-likeness (QED) is 0.398. The molecule has 26 valence electrons. The lowest BCUT2D eigenvalue weighted by molar-refractivity contribution is 0.271. The lowest BCUT2D eigenvalue weighted by Gasteiger charge is -1.89. The van der Waals surface area contributed by atoms with E-state index in [1.165, 1.54) is 11.1 Å². The molecule has 2 aliphatic carbocycles. The lowest BCUT2D eigenvalue weighted by atomic mass is 10.3. The molecule has 0 unspecified atom stereocenters.